The lowest BCUT2D eigenvalue weighted by Gasteiger charge is -1.90. The Balaban J connectivity index is 2.90. The molecule has 0 unspecified atom stereocenters. The topological polar surface area (TPSA) is 0 Å². The Labute approximate surface area is 68.3 Å². The van der Waals surface area contributed by atoms with Gasteiger partial charge in [-0.1, -0.05) is 28.1 Å². The molecule has 0 fully saturated rings. The van der Waals surface area contributed by atoms with E-state index in [-0.39, 0.29) is 5.83 Å². The molecule has 0 radical (unpaired) electrons. The summed E-state index contributed by atoms with van der Waals surface area (Å²) in [6.45, 7) is 1.76. The molecule has 0 aromatic rings. The first-order valence-electron chi connectivity index (χ1n) is 3.09. The van der Waals surface area contributed by atoms with Gasteiger partial charge in [-0.15, -0.1) is 0 Å². The van der Waals surface area contributed by atoms with E-state index in [0.29, 0.717) is 12.0 Å². The van der Waals surface area contributed by atoms with Gasteiger partial charge < -0.3 is 0 Å². The molecule has 1 rings (SSSR count). The minimum absolute atomic E-state index is 0.120. The molecule has 2 heteroatoms. The predicted molar refractivity (Wildman–Crippen MR) is 44.6 cm³/mol. The van der Waals surface area contributed by atoms with E-state index in [0.717, 1.165) is 4.48 Å². The van der Waals surface area contributed by atoms with Crippen molar-refractivity contribution in [2.75, 3.05) is 0 Å². The highest BCUT2D eigenvalue weighted by molar-refractivity contribution is 9.11. The molecule has 54 valence electrons. The molecule has 0 bridgehead atoms. The summed E-state index contributed by atoms with van der Waals surface area (Å²) in [6.07, 6.45) is 5.86. The first-order chi connectivity index (χ1) is 4.70. The van der Waals surface area contributed by atoms with E-state index in [1.807, 2.05) is 6.08 Å². The van der Waals surface area contributed by atoms with Gasteiger partial charge in [0.2, 0.25) is 0 Å². The lowest BCUT2D eigenvalue weighted by atomic mass is 10.2. The molecule has 1 aliphatic rings. The number of hydrogen-bond acceptors (Lipinski definition) is 0. The smallest absolute Gasteiger partial charge is 0.122 e. The van der Waals surface area contributed by atoms with Crippen LogP contribution in [0.3, 0.4) is 0 Å². The first-order valence-corrected chi connectivity index (χ1v) is 3.88. The molecule has 0 aromatic heterocycles. The number of halogens is 2. The van der Waals surface area contributed by atoms with Gasteiger partial charge in [0, 0.05) is 6.42 Å². The predicted octanol–water partition coefficient (Wildman–Crippen LogP) is 3.47. The second-order valence-electron chi connectivity index (χ2n) is 2.22. The van der Waals surface area contributed by atoms with Crippen molar-refractivity contribution in [2.45, 2.75) is 13.3 Å². The van der Waals surface area contributed by atoms with Crippen molar-refractivity contribution in [3.63, 3.8) is 0 Å². The summed E-state index contributed by atoms with van der Waals surface area (Å²) in [5.74, 6) is -0.120. The van der Waals surface area contributed by atoms with Crippen molar-refractivity contribution < 1.29 is 4.39 Å². The molecular formula is C8H8BrF. The van der Waals surface area contributed by atoms with Crippen molar-refractivity contribution >= 4 is 15.9 Å². The minimum Gasteiger partial charge on any atom is -0.207 e. The van der Waals surface area contributed by atoms with Crippen molar-refractivity contribution in [2.24, 2.45) is 0 Å². The Hall–Kier alpha value is -0.370. The summed E-state index contributed by atoms with van der Waals surface area (Å²) in [7, 11) is 0. The highest BCUT2D eigenvalue weighted by Crippen LogP contribution is 2.21. The number of allylic oxidation sites excluding steroid dienone is 6. The van der Waals surface area contributed by atoms with E-state index in [9.17, 15) is 4.39 Å². The second kappa shape index (κ2) is 3.15. The van der Waals surface area contributed by atoms with Crippen molar-refractivity contribution in [1.29, 1.82) is 0 Å². The molecule has 0 saturated carbocycles. The van der Waals surface area contributed by atoms with Crippen molar-refractivity contribution in [3.8, 4) is 0 Å². The maximum Gasteiger partial charge on any atom is 0.122 e. The van der Waals surface area contributed by atoms with E-state index in [4.69, 9.17) is 0 Å². The van der Waals surface area contributed by atoms with Gasteiger partial charge in [-0.25, -0.2) is 4.39 Å². The van der Waals surface area contributed by atoms with Gasteiger partial charge in [0.1, 0.15) is 5.83 Å². The van der Waals surface area contributed by atoms with Crippen LogP contribution >= 0.6 is 15.9 Å². The van der Waals surface area contributed by atoms with Crippen LogP contribution in [-0.2, 0) is 0 Å². The molecule has 0 atom stereocenters. The second-order valence-corrected chi connectivity index (χ2v) is 3.24. The molecular weight excluding hydrogens is 195 g/mol. The Morgan fingerprint density at radius 3 is 2.90 bits per heavy atom. The summed E-state index contributed by atoms with van der Waals surface area (Å²) < 4.78 is 13.8. The third kappa shape index (κ3) is 1.81. The lowest BCUT2D eigenvalue weighted by molar-refractivity contribution is 0.648. The Kier molecular flexibility index (Phi) is 2.44. The highest BCUT2D eigenvalue weighted by Gasteiger charge is 2.00. The van der Waals surface area contributed by atoms with Crippen LogP contribution < -0.4 is 0 Å². The zero-order valence-electron chi connectivity index (χ0n) is 5.70. The Morgan fingerprint density at radius 2 is 2.20 bits per heavy atom. The number of rotatable bonds is 0. The van der Waals surface area contributed by atoms with Crippen LogP contribution in [0.4, 0.5) is 4.39 Å². The van der Waals surface area contributed by atoms with Crippen LogP contribution in [0.15, 0.2) is 34.1 Å². The normalized spacial score (nSPS) is 18.9. The Morgan fingerprint density at radius 1 is 1.50 bits per heavy atom. The fourth-order valence-electron chi connectivity index (χ4n) is 0.711. The lowest BCUT2D eigenvalue weighted by Crippen LogP contribution is -1.72. The van der Waals surface area contributed by atoms with Crippen LogP contribution in [0.5, 0.6) is 0 Å². The van der Waals surface area contributed by atoms with Gasteiger partial charge in [0.15, 0.2) is 0 Å². The molecule has 0 aromatic carbocycles. The number of hydrogen-bond donors (Lipinski definition) is 0. The summed E-state index contributed by atoms with van der Waals surface area (Å²) in [6, 6.07) is 0. The molecule has 0 heterocycles. The molecule has 0 nitrogen and oxygen atoms in total. The van der Waals surface area contributed by atoms with Gasteiger partial charge in [-0.05, 0) is 23.1 Å². The van der Waals surface area contributed by atoms with E-state index in [1.54, 1.807) is 19.1 Å². The SMILES string of the molecule is CC1=CC=C(Br)CC=C1F. The minimum atomic E-state index is -0.120. The monoisotopic (exact) mass is 202 g/mol. The molecule has 10 heavy (non-hydrogen) atoms. The maximum absolute atomic E-state index is 12.7. The van der Waals surface area contributed by atoms with Gasteiger partial charge in [-0.2, -0.15) is 0 Å². The van der Waals surface area contributed by atoms with E-state index in [2.05, 4.69) is 15.9 Å². The molecule has 0 aliphatic heterocycles. The fraction of sp³-hybridized carbons (Fsp3) is 0.250. The van der Waals surface area contributed by atoms with Crippen LogP contribution in [-0.4, -0.2) is 0 Å². The largest absolute Gasteiger partial charge is 0.207 e. The zero-order valence-corrected chi connectivity index (χ0v) is 7.28. The van der Waals surface area contributed by atoms with Crippen LogP contribution in [0.2, 0.25) is 0 Å². The summed E-state index contributed by atoms with van der Waals surface area (Å²) in [4.78, 5) is 0. The average Bonchev–Trinajstić information content (AvgIpc) is 2.04. The summed E-state index contributed by atoms with van der Waals surface area (Å²) >= 11 is 3.30. The van der Waals surface area contributed by atoms with E-state index < -0.39 is 0 Å². The maximum atomic E-state index is 12.7. The van der Waals surface area contributed by atoms with Crippen LogP contribution in [0.1, 0.15) is 13.3 Å². The molecule has 0 N–H and O–H groups in total. The average molecular weight is 203 g/mol. The standard InChI is InChI=1S/C8H8BrF/c1-6-2-3-7(9)4-5-8(6)10/h2-3,5H,4H2,1H3. The first kappa shape index (κ1) is 7.73. The van der Waals surface area contributed by atoms with Crippen LogP contribution in [0.25, 0.3) is 0 Å². The van der Waals surface area contributed by atoms with Gasteiger partial charge in [0.05, 0.1) is 0 Å². The zero-order chi connectivity index (χ0) is 7.56. The van der Waals surface area contributed by atoms with E-state index >= 15 is 0 Å². The van der Waals surface area contributed by atoms with Crippen molar-refractivity contribution in [3.05, 3.63) is 34.1 Å². The van der Waals surface area contributed by atoms with Crippen LogP contribution in [0, 0.1) is 0 Å². The molecule has 0 saturated heterocycles. The Bertz CT molecular complexity index is 223. The quantitative estimate of drug-likeness (QED) is 0.565. The van der Waals surface area contributed by atoms with Gasteiger partial charge >= 0.3 is 0 Å². The van der Waals surface area contributed by atoms with E-state index in [1.165, 1.54) is 0 Å². The van der Waals surface area contributed by atoms with Gasteiger partial charge in [-0.3, -0.25) is 0 Å². The molecule has 0 spiro atoms. The molecule has 1 aliphatic carbocycles. The molecule has 0 amide bonds. The fourth-order valence-corrected chi connectivity index (χ4v) is 1.01. The van der Waals surface area contributed by atoms with Gasteiger partial charge in [0.25, 0.3) is 0 Å². The highest BCUT2D eigenvalue weighted by atomic mass is 79.9. The third-order valence-electron chi connectivity index (χ3n) is 1.37. The third-order valence-corrected chi connectivity index (χ3v) is 1.96. The summed E-state index contributed by atoms with van der Waals surface area (Å²) in [5.41, 5.74) is 0.689. The van der Waals surface area contributed by atoms with Crippen molar-refractivity contribution in [1.82, 2.24) is 0 Å². The summed E-state index contributed by atoms with van der Waals surface area (Å²) in [5, 5.41) is 0.